The van der Waals surface area contributed by atoms with Gasteiger partial charge in [-0.1, -0.05) is 23.8 Å². The van der Waals surface area contributed by atoms with Crippen LogP contribution < -0.4 is 0 Å². The number of Topliss-reactive ketones (excluding diaryl/α,β-unsaturated/α-hetero) is 1. The summed E-state index contributed by atoms with van der Waals surface area (Å²) in [5, 5.41) is 8.58. The highest BCUT2D eigenvalue weighted by atomic mass is 16.4. The zero-order valence-electron chi connectivity index (χ0n) is 12.7. The molecule has 0 aromatic rings. The maximum absolute atomic E-state index is 12.1. The average Bonchev–Trinajstić information content (AvgIpc) is 2.84. The minimum Gasteiger partial charge on any atom is -0.481 e. The van der Waals surface area contributed by atoms with Crippen molar-refractivity contribution in [3.63, 3.8) is 0 Å². The van der Waals surface area contributed by atoms with Gasteiger partial charge in [-0.3, -0.25) is 9.59 Å². The van der Waals surface area contributed by atoms with E-state index in [0.717, 1.165) is 25.7 Å². The lowest BCUT2D eigenvalue weighted by Crippen LogP contribution is -2.17. The summed E-state index contributed by atoms with van der Waals surface area (Å²) < 4.78 is 0. The lowest BCUT2D eigenvalue weighted by Gasteiger charge is -2.23. The number of carbonyl (C=O) groups excluding carboxylic acids is 1. The number of rotatable bonds is 7. The lowest BCUT2D eigenvalue weighted by atomic mass is 9.81. The van der Waals surface area contributed by atoms with E-state index in [1.807, 2.05) is 6.08 Å². The number of hydrogen-bond acceptors (Lipinski definition) is 2. The molecule has 3 heteroatoms. The molecule has 0 heterocycles. The minimum atomic E-state index is -0.737. The first-order valence-electron chi connectivity index (χ1n) is 8.27. The molecule has 0 spiro atoms. The van der Waals surface area contributed by atoms with Crippen molar-refractivity contribution in [3.05, 3.63) is 23.8 Å². The van der Waals surface area contributed by atoms with Crippen molar-refractivity contribution < 1.29 is 14.7 Å². The Balaban J connectivity index is 1.81. The molecule has 21 heavy (non-hydrogen) atoms. The van der Waals surface area contributed by atoms with Gasteiger partial charge in [0.25, 0.3) is 0 Å². The van der Waals surface area contributed by atoms with Crippen LogP contribution >= 0.6 is 0 Å². The second-order valence-corrected chi connectivity index (χ2v) is 6.24. The van der Waals surface area contributed by atoms with Crippen LogP contribution in [0, 0.1) is 11.8 Å². The monoisotopic (exact) mass is 290 g/mol. The highest BCUT2D eigenvalue weighted by molar-refractivity contribution is 5.84. The molecule has 1 saturated carbocycles. The second kappa shape index (κ2) is 8.16. The molecule has 3 nitrogen and oxygen atoms in total. The number of allylic oxidation sites excluding steroid dienone is 4. The average molecular weight is 290 g/mol. The Bertz CT molecular complexity index is 434. The van der Waals surface area contributed by atoms with Gasteiger partial charge in [-0.25, -0.2) is 0 Å². The molecule has 116 valence electrons. The van der Waals surface area contributed by atoms with E-state index < -0.39 is 5.97 Å². The molecule has 0 unspecified atom stereocenters. The van der Waals surface area contributed by atoms with E-state index in [2.05, 4.69) is 12.2 Å². The third-order valence-corrected chi connectivity index (χ3v) is 4.72. The molecule has 0 amide bonds. The smallest absolute Gasteiger partial charge is 0.303 e. The number of aliphatic carboxylic acids is 1. The predicted octanol–water partition coefficient (Wildman–Crippen LogP) is 4.28. The molecule has 0 radical (unpaired) electrons. The van der Waals surface area contributed by atoms with Gasteiger partial charge in [-0.2, -0.15) is 0 Å². The summed E-state index contributed by atoms with van der Waals surface area (Å²) in [6, 6.07) is 0. The van der Waals surface area contributed by atoms with E-state index in [-0.39, 0.29) is 12.3 Å². The Kier molecular flexibility index (Phi) is 6.21. The zero-order chi connectivity index (χ0) is 15.1. The number of hydrogen-bond donors (Lipinski definition) is 1. The molecule has 2 aliphatic carbocycles. The van der Waals surface area contributed by atoms with Crippen LogP contribution in [0.4, 0.5) is 0 Å². The van der Waals surface area contributed by atoms with Gasteiger partial charge in [0, 0.05) is 18.8 Å². The fourth-order valence-electron chi connectivity index (χ4n) is 3.58. The van der Waals surface area contributed by atoms with Crippen LogP contribution in [0.1, 0.15) is 64.2 Å². The van der Waals surface area contributed by atoms with Gasteiger partial charge < -0.3 is 5.11 Å². The fraction of sp³-hybridized carbons (Fsp3) is 0.667. The summed E-state index contributed by atoms with van der Waals surface area (Å²) in [5.41, 5.74) is 1.52. The molecule has 2 aliphatic rings. The first-order valence-corrected chi connectivity index (χ1v) is 8.27. The SMILES string of the molecule is O=C(O)CCCC=CC[C@H]1C(=O)CC[C@@H]1C1=CCCCC1. The van der Waals surface area contributed by atoms with Gasteiger partial charge in [0.05, 0.1) is 0 Å². The molecule has 0 saturated heterocycles. The van der Waals surface area contributed by atoms with Crippen molar-refractivity contribution in [2.24, 2.45) is 11.8 Å². The predicted molar refractivity (Wildman–Crippen MR) is 83.0 cm³/mol. The van der Waals surface area contributed by atoms with E-state index >= 15 is 0 Å². The Hall–Kier alpha value is -1.38. The summed E-state index contributed by atoms with van der Waals surface area (Å²) in [6.45, 7) is 0. The third kappa shape index (κ3) is 4.83. The molecule has 1 N–H and O–H groups in total. The Morgan fingerprint density at radius 3 is 2.86 bits per heavy atom. The number of carboxylic acids is 1. The number of carboxylic acid groups (broad SMARTS) is 1. The molecule has 1 fully saturated rings. The largest absolute Gasteiger partial charge is 0.481 e. The number of unbranched alkanes of at least 4 members (excludes halogenated alkanes) is 1. The maximum atomic E-state index is 12.1. The van der Waals surface area contributed by atoms with E-state index in [4.69, 9.17) is 5.11 Å². The highest BCUT2D eigenvalue weighted by Crippen LogP contribution is 2.40. The number of carbonyl (C=O) groups is 2. The van der Waals surface area contributed by atoms with Crippen LogP contribution in [0.15, 0.2) is 23.8 Å². The molecule has 2 rings (SSSR count). The third-order valence-electron chi connectivity index (χ3n) is 4.72. The summed E-state index contributed by atoms with van der Waals surface area (Å²) in [6.07, 6.45) is 15.7. The van der Waals surface area contributed by atoms with Gasteiger partial charge in [-0.15, -0.1) is 0 Å². The molecular formula is C18H26O3. The van der Waals surface area contributed by atoms with Gasteiger partial charge in [0.15, 0.2) is 0 Å². The Morgan fingerprint density at radius 2 is 2.14 bits per heavy atom. The van der Waals surface area contributed by atoms with Gasteiger partial charge >= 0.3 is 5.97 Å². The normalized spacial score (nSPS) is 26.3. The molecule has 0 aromatic heterocycles. The lowest BCUT2D eigenvalue weighted by molar-refractivity contribution is -0.137. The van der Waals surface area contributed by atoms with Gasteiger partial charge in [-0.05, 0) is 57.3 Å². The quantitative estimate of drug-likeness (QED) is 0.562. The second-order valence-electron chi connectivity index (χ2n) is 6.24. The van der Waals surface area contributed by atoms with E-state index in [1.165, 1.54) is 31.3 Å². The van der Waals surface area contributed by atoms with Crippen molar-refractivity contribution in [2.75, 3.05) is 0 Å². The topological polar surface area (TPSA) is 54.4 Å². The van der Waals surface area contributed by atoms with Crippen LogP contribution in [0.3, 0.4) is 0 Å². The van der Waals surface area contributed by atoms with Crippen molar-refractivity contribution in [1.82, 2.24) is 0 Å². The summed E-state index contributed by atoms with van der Waals surface area (Å²) in [4.78, 5) is 22.5. The van der Waals surface area contributed by atoms with Crippen LogP contribution in [0.5, 0.6) is 0 Å². The van der Waals surface area contributed by atoms with E-state index in [1.54, 1.807) is 0 Å². The molecular weight excluding hydrogens is 264 g/mol. The minimum absolute atomic E-state index is 0.171. The van der Waals surface area contributed by atoms with Crippen molar-refractivity contribution in [3.8, 4) is 0 Å². The number of ketones is 1. The van der Waals surface area contributed by atoms with Crippen molar-refractivity contribution in [2.45, 2.75) is 64.2 Å². The fourth-order valence-corrected chi connectivity index (χ4v) is 3.58. The van der Waals surface area contributed by atoms with Gasteiger partial charge in [0.2, 0.25) is 0 Å². The summed E-state index contributed by atoms with van der Waals surface area (Å²) >= 11 is 0. The first kappa shape index (κ1) is 16.0. The molecule has 0 aliphatic heterocycles. The van der Waals surface area contributed by atoms with Gasteiger partial charge in [0.1, 0.15) is 5.78 Å². The Labute approximate surface area is 127 Å². The highest BCUT2D eigenvalue weighted by Gasteiger charge is 2.35. The molecule has 0 bridgehead atoms. The first-order chi connectivity index (χ1) is 10.2. The van der Waals surface area contributed by atoms with Crippen molar-refractivity contribution >= 4 is 11.8 Å². The van der Waals surface area contributed by atoms with Crippen LogP contribution in [-0.4, -0.2) is 16.9 Å². The van der Waals surface area contributed by atoms with E-state index in [9.17, 15) is 9.59 Å². The maximum Gasteiger partial charge on any atom is 0.303 e. The standard InChI is InChI=1S/C18H26O3/c19-17-13-12-15(14-8-4-3-5-9-14)16(17)10-6-1-2-7-11-18(20)21/h1,6,8,15-16H,2-5,7,9-13H2,(H,20,21)/t15-,16-/m1/s1. The van der Waals surface area contributed by atoms with Crippen LogP contribution in [-0.2, 0) is 9.59 Å². The zero-order valence-corrected chi connectivity index (χ0v) is 12.7. The van der Waals surface area contributed by atoms with E-state index in [0.29, 0.717) is 18.1 Å². The van der Waals surface area contributed by atoms with Crippen molar-refractivity contribution in [1.29, 1.82) is 0 Å². The molecule has 2 atom stereocenters. The van der Waals surface area contributed by atoms with Crippen LogP contribution in [0.2, 0.25) is 0 Å². The summed E-state index contributed by atoms with van der Waals surface area (Å²) in [7, 11) is 0. The molecule has 0 aromatic carbocycles. The van der Waals surface area contributed by atoms with Crippen LogP contribution in [0.25, 0.3) is 0 Å². The Morgan fingerprint density at radius 1 is 1.29 bits per heavy atom. The summed E-state index contributed by atoms with van der Waals surface area (Å²) in [5.74, 6) is 0.326.